The summed E-state index contributed by atoms with van der Waals surface area (Å²) in [6.45, 7) is 3.82. The highest BCUT2D eigenvalue weighted by Gasteiger charge is 2.14. The highest BCUT2D eigenvalue weighted by atomic mass is 35.5. The zero-order chi connectivity index (χ0) is 18.7. The zero-order valence-corrected chi connectivity index (χ0v) is 15.1. The van der Waals surface area contributed by atoms with E-state index < -0.39 is 0 Å². The van der Waals surface area contributed by atoms with Gasteiger partial charge < -0.3 is 10.1 Å². The number of halogens is 1. The number of benzene rings is 2. The highest BCUT2D eigenvalue weighted by molar-refractivity contribution is 6.31. The van der Waals surface area contributed by atoms with E-state index in [1.165, 1.54) is 6.92 Å². The molecule has 0 unspecified atom stereocenters. The van der Waals surface area contributed by atoms with Gasteiger partial charge in [-0.3, -0.25) is 9.59 Å². The van der Waals surface area contributed by atoms with E-state index in [0.29, 0.717) is 34.1 Å². The van der Waals surface area contributed by atoms with Crippen LogP contribution >= 0.6 is 11.6 Å². The van der Waals surface area contributed by atoms with Gasteiger partial charge in [-0.25, -0.2) is 4.98 Å². The lowest BCUT2D eigenvalue weighted by Crippen LogP contribution is -2.14. The second-order valence-corrected chi connectivity index (χ2v) is 6.12. The number of carbonyl (C=O) groups excluding carboxylic acids is 2. The zero-order valence-electron chi connectivity index (χ0n) is 14.4. The number of amides is 1. The van der Waals surface area contributed by atoms with Crippen molar-refractivity contribution in [3.8, 4) is 5.75 Å². The van der Waals surface area contributed by atoms with Crippen molar-refractivity contribution < 1.29 is 14.3 Å². The number of rotatable bonds is 5. The molecule has 0 aliphatic heterocycles. The standard InChI is InChI=1S/C20H17ClN2O3/c1-3-26-19-11-18(23-17-9-6-14(21)10-16(17)19)20(25)22-15-7-4-13(5-8-15)12(2)24/h4-11H,3H2,1-2H3,(H,22,25). The van der Waals surface area contributed by atoms with E-state index in [0.717, 1.165) is 5.39 Å². The van der Waals surface area contributed by atoms with Gasteiger partial charge in [0.25, 0.3) is 5.91 Å². The summed E-state index contributed by atoms with van der Waals surface area (Å²) in [6.07, 6.45) is 0. The topological polar surface area (TPSA) is 68.3 Å². The number of aromatic nitrogens is 1. The number of hydrogen-bond acceptors (Lipinski definition) is 4. The Morgan fingerprint density at radius 3 is 2.50 bits per heavy atom. The summed E-state index contributed by atoms with van der Waals surface area (Å²) in [7, 11) is 0. The molecule has 1 amide bonds. The number of Topliss-reactive ketones (excluding diaryl/α,β-unsaturated/α-hetero) is 1. The van der Waals surface area contributed by atoms with E-state index in [9.17, 15) is 9.59 Å². The third-order valence-corrected chi connectivity index (χ3v) is 4.05. The van der Waals surface area contributed by atoms with Gasteiger partial charge in [0.15, 0.2) is 5.78 Å². The minimum atomic E-state index is -0.363. The van der Waals surface area contributed by atoms with Crippen molar-refractivity contribution in [3.63, 3.8) is 0 Å². The number of carbonyl (C=O) groups is 2. The van der Waals surface area contributed by atoms with Crippen LogP contribution in [0.2, 0.25) is 5.02 Å². The number of nitrogens with one attached hydrogen (secondary N) is 1. The fourth-order valence-corrected chi connectivity index (χ4v) is 2.71. The molecule has 1 heterocycles. The normalized spacial score (nSPS) is 10.6. The number of ether oxygens (including phenoxy) is 1. The number of nitrogens with zero attached hydrogens (tertiary/aromatic N) is 1. The molecule has 1 aromatic heterocycles. The van der Waals surface area contributed by atoms with Crippen molar-refractivity contribution in [1.29, 1.82) is 0 Å². The van der Waals surface area contributed by atoms with Crippen molar-refractivity contribution in [1.82, 2.24) is 4.98 Å². The van der Waals surface area contributed by atoms with Crippen LogP contribution in [0.3, 0.4) is 0 Å². The van der Waals surface area contributed by atoms with E-state index in [-0.39, 0.29) is 17.4 Å². The monoisotopic (exact) mass is 368 g/mol. The van der Waals surface area contributed by atoms with Crippen LogP contribution in [0.4, 0.5) is 5.69 Å². The van der Waals surface area contributed by atoms with Crippen molar-refractivity contribution >= 4 is 39.9 Å². The van der Waals surface area contributed by atoms with Gasteiger partial charge in [-0.15, -0.1) is 0 Å². The number of anilines is 1. The summed E-state index contributed by atoms with van der Waals surface area (Å²) in [4.78, 5) is 28.3. The first-order valence-electron chi connectivity index (χ1n) is 8.13. The molecule has 2 aromatic carbocycles. The summed E-state index contributed by atoms with van der Waals surface area (Å²) in [5.41, 5.74) is 2.02. The lowest BCUT2D eigenvalue weighted by molar-refractivity contribution is 0.101. The molecule has 0 saturated heterocycles. The largest absolute Gasteiger partial charge is 0.493 e. The van der Waals surface area contributed by atoms with Crippen LogP contribution < -0.4 is 10.1 Å². The Labute approximate surface area is 156 Å². The fourth-order valence-electron chi connectivity index (χ4n) is 2.54. The maximum absolute atomic E-state index is 12.6. The average Bonchev–Trinajstić information content (AvgIpc) is 2.62. The molecule has 0 spiro atoms. The van der Waals surface area contributed by atoms with Crippen LogP contribution in [-0.2, 0) is 0 Å². The van der Waals surface area contributed by atoms with E-state index in [4.69, 9.17) is 16.3 Å². The minimum absolute atomic E-state index is 0.0286. The molecule has 0 bridgehead atoms. The van der Waals surface area contributed by atoms with Gasteiger partial charge in [0.05, 0.1) is 12.1 Å². The molecule has 0 atom stereocenters. The lowest BCUT2D eigenvalue weighted by atomic mass is 10.1. The average molecular weight is 369 g/mol. The van der Waals surface area contributed by atoms with Crippen LogP contribution in [0.25, 0.3) is 10.9 Å². The molecular formula is C20H17ClN2O3. The second kappa shape index (κ2) is 7.54. The molecule has 5 nitrogen and oxygen atoms in total. The fraction of sp³-hybridized carbons (Fsp3) is 0.150. The van der Waals surface area contributed by atoms with Gasteiger partial charge in [-0.1, -0.05) is 11.6 Å². The summed E-state index contributed by atoms with van der Waals surface area (Å²) in [5, 5.41) is 4.10. The van der Waals surface area contributed by atoms with Gasteiger partial charge in [-0.2, -0.15) is 0 Å². The highest BCUT2D eigenvalue weighted by Crippen LogP contribution is 2.28. The van der Waals surface area contributed by atoms with Gasteiger partial charge in [0, 0.05) is 27.7 Å². The quantitative estimate of drug-likeness (QED) is 0.660. The van der Waals surface area contributed by atoms with Crippen molar-refractivity contribution in [2.75, 3.05) is 11.9 Å². The smallest absolute Gasteiger partial charge is 0.274 e. The summed E-state index contributed by atoms with van der Waals surface area (Å²) < 4.78 is 5.64. The summed E-state index contributed by atoms with van der Waals surface area (Å²) >= 11 is 6.05. The van der Waals surface area contributed by atoms with Crippen LogP contribution in [0, 0.1) is 0 Å². The molecular weight excluding hydrogens is 352 g/mol. The SMILES string of the molecule is CCOc1cc(C(=O)Nc2ccc(C(C)=O)cc2)nc2ccc(Cl)cc12. The minimum Gasteiger partial charge on any atom is -0.493 e. The van der Waals surface area contributed by atoms with Gasteiger partial charge in [-0.05, 0) is 56.3 Å². The molecule has 0 fully saturated rings. The molecule has 0 radical (unpaired) electrons. The van der Waals surface area contributed by atoms with Gasteiger partial charge in [0.2, 0.25) is 0 Å². The Balaban J connectivity index is 1.92. The number of fused-ring (bicyclic) bond motifs is 1. The molecule has 3 rings (SSSR count). The molecule has 132 valence electrons. The van der Waals surface area contributed by atoms with Crippen LogP contribution in [0.1, 0.15) is 34.7 Å². The molecule has 6 heteroatoms. The Morgan fingerprint density at radius 2 is 1.85 bits per heavy atom. The Hall–Kier alpha value is -2.92. The molecule has 1 N–H and O–H groups in total. The third-order valence-electron chi connectivity index (χ3n) is 3.81. The van der Waals surface area contributed by atoms with Crippen molar-refractivity contribution in [3.05, 3.63) is 64.8 Å². The third kappa shape index (κ3) is 3.83. The van der Waals surface area contributed by atoms with Crippen LogP contribution in [0.15, 0.2) is 48.5 Å². The maximum Gasteiger partial charge on any atom is 0.274 e. The molecule has 3 aromatic rings. The van der Waals surface area contributed by atoms with E-state index in [1.807, 2.05) is 6.92 Å². The Morgan fingerprint density at radius 1 is 1.12 bits per heavy atom. The van der Waals surface area contributed by atoms with Crippen molar-refractivity contribution in [2.45, 2.75) is 13.8 Å². The van der Waals surface area contributed by atoms with Gasteiger partial charge in [0.1, 0.15) is 11.4 Å². The second-order valence-electron chi connectivity index (χ2n) is 5.69. The van der Waals surface area contributed by atoms with E-state index in [1.54, 1.807) is 48.5 Å². The predicted molar refractivity (Wildman–Crippen MR) is 102 cm³/mol. The van der Waals surface area contributed by atoms with Crippen molar-refractivity contribution in [2.24, 2.45) is 0 Å². The molecule has 0 aliphatic rings. The van der Waals surface area contributed by atoms with Crippen LogP contribution in [0.5, 0.6) is 5.75 Å². The Kier molecular flexibility index (Phi) is 5.19. The van der Waals surface area contributed by atoms with Crippen LogP contribution in [-0.4, -0.2) is 23.3 Å². The molecule has 0 saturated carbocycles. The number of pyridine rings is 1. The molecule has 26 heavy (non-hydrogen) atoms. The first kappa shape index (κ1) is 17.9. The first-order valence-corrected chi connectivity index (χ1v) is 8.51. The number of hydrogen-bond donors (Lipinski definition) is 1. The first-order chi connectivity index (χ1) is 12.5. The lowest BCUT2D eigenvalue weighted by Gasteiger charge is -2.11. The van der Waals surface area contributed by atoms with Gasteiger partial charge >= 0.3 is 0 Å². The summed E-state index contributed by atoms with van der Waals surface area (Å²) in [6, 6.07) is 13.5. The summed E-state index contributed by atoms with van der Waals surface area (Å²) in [5.74, 6) is 0.162. The molecule has 0 aliphatic carbocycles. The van der Waals surface area contributed by atoms with E-state index >= 15 is 0 Å². The maximum atomic E-state index is 12.6. The van der Waals surface area contributed by atoms with E-state index in [2.05, 4.69) is 10.3 Å². The predicted octanol–water partition coefficient (Wildman–Crippen LogP) is 4.74. The Bertz CT molecular complexity index is 984. The number of ketones is 1.